The zero-order chi connectivity index (χ0) is 20.4. The van der Waals surface area contributed by atoms with E-state index in [1.54, 1.807) is 0 Å². The molecule has 1 amide bonds. The van der Waals surface area contributed by atoms with Crippen LogP contribution in [0.1, 0.15) is 33.6 Å². The highest BCUT2D eigenvalue weighted by Gasteiger charge is 2.23. The summed E-state index contributed by atoms with van der Waals surface area (Å²) < 4.78 is 1.09. The number of anilines is 1. The smallest absolute Gasteiger partial charge is 0.243 e. The van der Waals surface area contributed by atoms with E-state index in [1.165, 1.54) is 22.5 Å². The molecule has 2 aromatic rings. The van der Waals surface area contributed by atoms with E-state index in [9.17, 15) is 4.79 Å². The molecular weight excluding hydrogens is 346 g/mol. The number of nitrogens with one attached hydrogen (secondary N) is 2. The van der Waals surface area contributed by atoms with E-state index in [1.807, 2.05) is 0 Å². The van der Waals surface area contributed by atoms with Crippen LogP contribution >= 0.6 is 0 Å². The molecule has 2 N–H and O–H groups in total. The van der Waals surface area contributed by atoms with Crippen LogP contribution in [0.4, 0.5) is 5.69 Å². The Morgan fingerprint density at radius 3 is 2.50 bits per heavy atom. The van der Waals surface area contributed by atoms with Crippen LogP contribution in [0.5, 0.6) is 0 Å². The largest absolute Gasteiger partial charge is 0.385 e. The fourth-order valence-corrected chi connectivity index (χ4v) is 3.76. The number of hydrogen-bond donors (Lipinski definition) is 2. The second-order valence-corrected chi connectivity index (χ2v) is 7.67. The third kappa shape index (κ3) is 6.38. The van der Waals surface area contributed by atoms with Crippen LogP contribution in [0.3, 0.4) is 0 Å². The van der Waals surface area contributed by atoms with Crippen LogP contribution in [0.15, 0.2) is 55.1 Å². The predicted molar refractivity (Wildman–Crippen MR) is 121 cm³/mol. The minimum atomic E-state index is -0.0850. The van der Waals surface area contributed by atoms with Gasteiger partial charge in [-0.05, 0) is 49.8 Å². The molecule has 0 saturated heterocycles. The molecule has 0 saturated carbocycles. The molecular formula is C24H36N3O+. The monoisotopic (exact) mass is 382 g/mol. The zero-order valence-electron chi connectivity index (χ0n) is 17.7. The minimum absolute atomic E-state index is 0.0850. The number of fused-ring (bicyclic) bond motifs is 1. The van der Waals surface area contributed by atoms with E-state index in [0.717, 1.165) is 50.0 Å². The molecule has 2 rings (SSSR count). The molecule has 0 bridgehead atoms. The summed E-state index contributed by atoms with van der Waals surface area (Å²) >= 11 is 0. The van der Waals surface area contributed by atoms with Gasteiger partial charge in [0.25, 0.3) is 0 Å². The molecule has 0 aliphatic rings. The average molecular weight is 383 g/mol. The van der Waals surface area contributed by atoms with Crippen molar-refractivity contribution >= 4 is 22.4 Å². The maximum Gasteiger partial charge on any atom is 0.243 e. The Kier molecular flexibility index (Phi) is 8.52. The fraction of sp³-hybridized carbons (Fsp3) is 0.458. The number of quaternary nitrogens is 1. The molecule has 0 aromatic heterocycles. The van der Waals surface area contributed by atoms with E-state index in [-0.39, 0.29) is 11.9 Å². The first-order valence-corrected chi connectivity index (χ1v) is 10.5. The topological polar surface area (TPSA) is 41.1 Å². The third-order valence-corrected chi connectivity index (χ3v) is 5.84. The molecule has 0 aliphatic carbocycles. The number of carbonyl (C=O) groups is 1. The van der Waals surface area contributed by atoms with Crippen molar-refractivity contribution in [2.75, 3.05) is 38.0 Å². The summed E-state index contributed by atoms with van der Waals surface area (Å²) in [5.74, 6) is -0.0850. The van der Waals surface area contributed by atoms with Crippen LogP contribution in [-0.2, 0) is 4.79 Å². The number of rotatable bonds is 12. The highest BCUT2D eigenvalue weighted by atomic mass is 16.1. The van der Waals surface area contributed by atoms with Gasteiger partial charge in [0.05, 0.1) is 26.2 Å². The maximum absolute atomic E-state index is 11.5. The van der Waals surface area contributed by atoms with Crippen LogP contribution in [-0.4, -0.2) is 49.2 Å². The highest BCUT2D eigenvalue weighted by Crippen LogP contribution is 2.19. The first-order chi connectivity index (χ1) is 13.5. The first-order valence-electron chi connectivity index (χ1n) is 10.5. The fourth-order valence-electron chi connectivity index (χ4n) is 3.76. The van der Waals surface area contributed by atoms with Crippen molar-refractivity contribution in [3.8, 4) is 0 Å². The van der Waals surface area contributed by atoms with Crippen molar-refractivity contribution < 1.29 is 9.28 Å². The van der Waals surface area contributed by atoms with E-state index in [0.29, 0.717) is 0 Å². The number of hydrogen-bond acceptors (Lipinski definition) is 2. The van der Waals surface area contributed by atoms with Gasteiger partial charge in [0.1, 0.15) is 0 Å². The van der Waals surface area contributed by atoms with Gasteiger partial charge in [-0.3, -0.25) is 4.79 Å². The summed E-state index contributed by atoms with van der Waals surface area (Å²) in [6.07, 6.45) is 3.46. The number of amides is 1. The Bertz CT molecular complexity index is 767. The van der Waals surface area contributed by atoms with E-state index < -0.39 is 0 Å². The predicted octanol–water partition coefficient (Wildman–Crippen LogP) is 4.58. The number of carbonyl (C=O) groups excluding carboxylic acids is 1. The Morgan fingerprint density at radius 2 is 1.82 bits per heavy atom. The van der Waals surface area contributed by atoms with Crippen molar-refractivity contribution in [1.82, 2.24) is 5.32 Å². The maximum atomic E-state index is 11.5. The second kappa shape index (κ2) is 10.9. The van der Waals surface area contributed by atoms with Gasteiger partial charge in [0.2, 0.25) is 5.91 Å². The quantitative estimate of drug-likeness (QED) is 0.320. The van der Waals surface area contributed by atoms with Crippen molar-refractivity contribution in [3.05, 3.63) is 55.1 Å². The molecule has 0 aliphatic heterocycles. The lowest BCUT2D eigenvalue weighted by molar-refractivity contribution is -0.925. The normalized spacial score (nSPS) is 12.5. The van der Waals surface area contributed by atoms with Gasteiger partial charge in [0, 0.05) is 31.1 Å². The molecule has 0 spiro atoms. The van der Waals surface area contributed by atoms with Gasteiger partial charge in [-0.25, -0.2) is 0 Å². The standard InChI is InChI=1S/C24H35N3O/c1-5-24(28)26-20(4)15-18-27(6-2,7-3)17-10-16-25-23-14-13-21-11-8-9-12-22(21)19-23/h5,8-9,11-14,19-20,25H,1,6-7,10,15-18H2,2-4H3/p+1. The summed E-state index contributed by atoms with van der Waals surface area (Å²) in [5.41, 5.74) is 1.19. The molecule has 0 radical (unpaired) electrons. The molecule has 0 fully saturated rings. The molecule has 4 heteroatoms. The van der Waals surface area contributed by atoms with Gasteiger partial charge in [0.15, 0.2) is 0 Å². The van der Waals surface area contributed by atoms with E-state index in [4.69, 9.17) is 0 Å². The van der Waals surface area contributed by atoms with Gasteiger partial charge < -0.3 is 15.1 Å². The molecule has 4 nitrogen and oxygen atoms in total. The Morgan fingerprint density at radius 1 is 1.11 bits per heavy atom. The molecule has 1 atom stereocenters. The molecule has 2 aromatic carbocycles. The Hall–Kier alpha value is -2.33. The average Bonchev–Trinajstić information content (AvgIpc) is 2.73. The van der Waals surface area contributed by atoms with Gasteiger partial charge in [-0.2, -0.15) is 0 Å². The Balaban J connectivity index is 1.82. The van der Waals surface area contributed by atoms with Crippen LogP contribution in [0.2, 0.25) is 0 Å². The van der Waals surface area contributed by atoms with Crippen molar-refractivity contribution in [3.63, 3.8) is 0 Å². The lowest BCUT2D eigenvalue weighted by Gasteiger charge is -2.38. The Labute approximate surface area is 170 Å². The first kappa shape index (κ1) is 22.0. The summed E-state index contributed by atoms with van der Waals surface area (Å²) in [7, 11) is 0. The van der Waals surface area contributed by atoms with Crippen LogP contribution in [0, 0.1) is 0 Å². The summed E-state index contributed by atoms with van der Waals surface area (Å²) in [5, 5.41) is 9.10. The second-order valence-electron chi connectivity index (χ2n) is 7.67. The summed E-state index contributed by atoms with van der Waals surface area (Å²) in [6, 6.07) is 15.2. The number of nitrogens with zero attached hydrogens (tertiary/aromatic N) is 1. The molecule has 0 heterocycles. The lowest BCUT2D eigenvalue weighted by atomic mass is 10.1. The van der Waals surface area contributed by atoms with E-state index in [2.05, 4.69) is 80.4 Å². The minimum Gasteiger partial charge on any atom is -0.385 e. The lowest BCUT2D eigenvalue weighted by Crippen LogP contribution is -2.51. The van der Waals surface area contributed by atoms with Gasteiger partial charge in [-0.1, -0.05) is 36.9 Å². The third-order valence-electron chi connectivity index (χ3n) is 5.84. The van der Waals surface area contributed by atoms with E-state index >= 15 is 0 Å². The van der Waals surface area contributed by atoms with Crippen LogP contribution < -0.4 is 10.6 Å². The van der Waals surface area contributed by atoms with Gasteiger partial charge >= 0.3 is 0 Å². The molecule has 28 heavy (non-hydrogen) atoms. The molecule has 152 valence electrons. The summed E-state index contributed by atoms with van der Waals surface area (Å²) in [6.45, 7) is 15.6. The zero-order valence-corrected chi connectivity index (χ0v) is 17.7. The van der Waals surface area contributed by atoms with Crippen molar-refractivity contribution in [1.29, 1.82) is 0 Å². The van der Waals surface area contributed by atoms with Crippen LogP contribution in [0.25, 0.3) is 10.8 Å². The highest BCUT2D eigenvalue weighted by molar-refractivity contribution is 5.87. The van der Waals surface area contributed by atoms with Crippen molar-refractivity contribution in [2.45, 2.75) is 39.7 Å². The number of benzene rings is 2. The SMILES string of the molecule is C=CC(=O)NC(C)CC[N+](CC)(CC)CCCNc1ccc2ccccc2c1. The summed E-state index contributed by atoms with van der Waals surface area (Å²) in [4.78, 5) is 11.5. The molecule has 1 unspecified atom stereocenters. The van der Waals surface area contributed by atoms with Crippen molar-refractivity contribution in [2.24, 2.45) is 0 Å². The van der Waals surface area contributed by atoms with Gasteiger partial charge in [-0.15, -0.1) is 0 Å².